The molecule has 2 aliphatic heterocycles. The average molecular weight is 423 g/mol. The third kappa shape index (κ3) is 5.41. The van der Waals surface area contributed by atoms with Crippen molar-refractivity contribution in [1.29, 1.82) is 0 Å². The van der Waals surface area contributed by atoms with Crippen LogP contribution in [0.2, 0.25) is 0 Å². The van der Waals surface area contributed by atoms with Gasteiger partial charge >= 0.3 is 0 Å². The predicted octanol–water partition coefficient (Wildman–Crippen LogP) is 1.73. The average Bonchev–Trinajstić information content (AvgIpc) is 3.34. The van der Waals surface area contributed by atoms with Crippen molar-refractivity contribution in [2.45, 2.75) is 19.3 Å². The number of rotatable bonds is 6. The minimum atomic E-state index is -0.163. The van der Waals surface area contributed by atoms with Crippen molar-refractivity contribution in [2.75, 3.05) is 52.4 Å². The van der Waals surface area contributed by atoms with Crippen LogP contribution in [0.5, 0.6) is 0 Å². The molecule has 2 heterocycles. The minimum absolute atomic E-state index is 0.0457. The van der Waals surface area contributed by atoms with Gasteiger partial charge in [0.15, 0.2) is 0 Å². The summed E-state index contributed by atoms with van der Waals surface area (Å²) in [6.45, 7) is 5.21. The van der Waals surface area contributed by atoms with E-state index in [0.29, 0.717) is 31.7 Å². The maximum absolute atomic E-state index is 12.5. The smallest absolute Gasteiger partial charge is 0.251 e. The molecule has 0 radical (unpaired) electrons. The third-order valence-corrected chi connectivity index (χ3v) is 6.18. The lowest BCUT2D eigenvalue weighted by Crippen LogP contribution is -2.51. The van der Waals surface area contributed by atoms with Crippen LogP contribution in [0.1, 0.15) is 29.6 Å². The van der Waals surface area contributed by atoms with Crippen LogP contribution in [0.4, 0.5) is 0 Å². The van der Waals surface area contributed by atoms with E-state index in [9.17, 15) is 14.4 Å². The van der Waals surface area contributed by atoms with Crippen molar-refractivity contribution in [2.24, 2.45) is 0 Å². The van der Waals surface area contributed by atoms with E-state index in [2.05, 4.69) is 10.2 Å². The lowest BCUT2D eigenvalue weighted by molar-refractivity contribution is -0.134. The number of carbonyl (C=O) groups is 3. The molecule has 3 amide bonds. The summed E-state index contributed by atoms with van der Waals surface area (Å²) in [5.41, 5.74) is 0.599. The molecule has 2 fully saturated rings. The molecule has 1 N–H and O–H groups in total. The van der Waals surface area contributed by atoms with Gasteiger partial charge in [-0.15, -0.1) is 0 Å². The van der Waals surface area contributed by atoms with Gasteiger partial charge < -0.3 is 15.1 Å². The third-order valence-electron chi connectivity index (χ3n) is 6.18. The topological polar surface area (TPSA) is 73.0 Å². The first-order chi connectivity index (χ1) is 15.1. The zero-order valence-electron chi connectivity index (χ0n) is 17.9. The molecule has 4 rings (SSSR count). The van der Waals surface area contributed by atoms with Gasteiger partial charge in [-0.2, -0.15) is 0 Å². The monoisotopic (exact) mass is 422 g/mol. The number of amides is 3. The number of hydrogen-bond donors (Lipinski definition) is 1. The summed E-state index contributed by atoms with van der Waals surface area (Å²) < 4.78 is 0. The second-order valence-electron chi connectivity index (χ2n) is 8.31. The predicted molar refractivity (Wildman–Crippen MR) is 120 cm³/mol. The van der Waals surface area contributed by atoms with E-state index in [1.807, 2.05) is 52.3 Å². The normalized spacial score (nSPS) is 17.2. The summed E-state index contributed by atoms with van der Waals surface area (Å²) in [5.74, 6) is 0.0850. The Morgan fingerprint density at radius 1 is 0.774 bits per heavy atom. The number of likely N-dealkylation sites (tertiary alicyclic amines) is 1. The van der Waals surface area contributed by atoms with E-state index >= 15 is 0 Å². The summed E-state index contributed by atoms with van der Waals surface area (Å²) in [6.07, 6.45) is 2.49. The zero-order valence-corrected chi connectivity index (χ0v) is 17.9. The first-order valence-corrected chi connectivity index (χ1v) is 11.1. The van der Waals surface area contributed by atoms with Crippen molar-refractivity contribution < 1.29 is 14.4 Å². The van der Waals surface area contributed by atoms with Gasteiger partial charge in [0.25, 0.3) is 5.91 Å². The van der Waals surface area contributed by atoms with Crippen molar-refractivity contribution >= 4 is 28.5 Å². The lowest BCUT2D eigenvalue weighted by atomic mass is 10.1. The Morgan fingerprint density at radius 2 is 1.45 bits per heavy atom. The highest BCUT2D eigenvalue weighted by Crippen LogP contribution is 2.15. The molecule has 0 aromatic heterocycles. The van der Waals surface area contributed by atoms with Gasteiger partial charge in [-0.05, 0) is 35.7 Å². The van der Waals surface area contributed by atoms with Crippen molar-refractivity contribution in [1.82, 2.24) is 20.0 Å². The van der Waals surface area contributed by atoms with Crippen LogP contribution in [-0.4, -0.2) is 84.8 Å². The molecule has 2 aromatic rings. The first kappa shape index (κ1) is 21.3. The standard InChI is InChI=1S/C24H30N4O3/c29-22(28-15-13-26(14-16-28)18-23(30)27-11-3-4-12-27)9-10-25-24(31)21-8-7-19-5-1-2-6-20(19)17-21/h1-2,5-8,17H,3-4,9-16,18H2,(H,25,31). The van der Waals surface area contributed by atoms with E-state index in [4.69, 9.17) is 0 Å². The number of piperazine rings is 1. The molecule has 7 nitrogen and oxygen atoms in total. The molecule has 31 heavy (non-hydrogen) atoms. The fraction of sp³-hybridized carbons (Fsp3) is 0.458. The van der Waals surface area contributed by atoms with Gasteiger partial charge in [-0.1, -0.05) is 30.3 Å². The Labute approximate surface area is 183 Å². The van der Waals surface area contributed by atoms with Crippen molar-refractivity contribution in [3.05, 3.63) is 48.0 Å². The van der Waals surface area contributed by atoms with Crippen LogP contribution in [0.15, 0.2) is 42.5 Å². The molecule has 0 bridgehead atoms. The highest BCUT2D eigenvalue weighted by Gasteiger charge is 2.25. The second-order valence-corrected chi connectivity index (χ2v) is 8.31. The second kappa shape index (κ2) is 9.92. The lowest BCUT2D eigenvalue weighted by Gasteiger charge is -2.35. The van der Waals surface area contributed by atoms with Gasteiger partial charge in [-0.3, -0.25) is 19.3 Å². The van der Waals surface area contributed by atoms with Crippen LogP contribution < -0.4 is 5.32 Å². The number of nitrogens with one attached hydrogen (secondary N) is 1. The Bertz CT molecular complexity index is 947. The minimum Gasteiger partial charge on any atom is -0.352 e. The van der Waals surface area contributed by atoms with Gasteiger partial charge in [0.1, 0.15) is 0 Å². The summed E-state index contributed by atoms with van der Waals surface area (Å²) in [4.78, 5) is 43.1. The van der Waals surface area contributed by atoms with Crippen LogP contribution in [-0.2, 0) is 9.59 Å². The summed E-state index contributed by atoms with van der Waals surface area (Å²) in [7, 11) is 0. The fourth-order valence-electron chi connectivity index (χ4n) is 4.29. The Morgan fingerprint density at radius 3 is 2.19 bits per heavy atom. The highest BCUT2D eigenvalue weighted by atomic mass is 16.2. The quantitative estimate of drug-likeness (QED) is 0.770. The van der Waals surface area contributed by atoms with Crippen molar-refractivity contribution in [3.8, 4) is 0 Å². The Kier molecular flexibility index (Phi) is 6.82. The molecule has 2 aliphatic rings. The Balaban J connectivity index is 1.18. The molecule has 0 atom stereocenters. The molecule has 7 heteroatoms. The SMILES string of the molecule is O=C(NCCC(=O)N1CCN(CC(=O)N2CCCC2)CC1)c1ccc2ccccc2c1. The molecular formula is C24H30N4O3. The molecule has 2 saturated heterocycles. The van der Waals surface area contributed by atoms with Crippen LogP contribution in [0.3, 0.4) is 0 Å². The number of benzene rings is 2. The van der Waals surface area contributed by atoms with Crippen LogP contribution >= 0.6 is 0 Å². The molecule has 0 unspecified atom stereocenters. The van der Waals surface area contributed by atoms with E-state index in [-0.39, 0.29) is 24.1 Å². The summed E-state index contributed by atoms with van der Waals surface area (Å²) >= 11 is 0. The molecular weight excluding hydrogens is 392 g/mol. The van der Waals surface area contributed by atoms with Crippen LogP contribution in [0, 0.1) is 0 Å². The largest absolute Gasteiger partial charge is 0.352 e. The summed E-state index contributed by atoms with van der Waals surface area (Å²) in [5, 5.41) is 4.97. The number of fused-ring (bicyclic) bond motifs is 1. The first-order valence-electron chi connectivity index (χ1n) is 11.1. The maximum atomic E-state index is 12.5. The fourth-order valence-corrected chi connectivity index (χ4v) is 4.29. The van der Waals surface area contributed by atoms with Gasteiger partial charge in [-0.25, -0.2) is 0 Å². The molecule has 0 aliphatic carbocycles. The molecule has 0 spiro atoms. The van der Waals surface area contributed by atoms with Crippen LogP contribution in [0.25, 0.3) is 10.8 Å². The number of carbonyl (C=O) groups excluding carboxylic acids is 3. The summed E-state index contributed by atoms with van der Waals surface area (Å²) in [6, 6.07) is 13.5. The van der Waals surface area contributed by atoms with E-state index in [1.54, 1.807) is 0 Å². The van der Waals surface area contributed by atoms with E-state index in [0.717, 1.165) is 49.8 Å². The molecule has 2 aromatic carbocycles. The van der Waals surface area contributed by atoms with Gasteiger partial charge in [0.05, 0.1) is 6.54 Å². The van der Waals surface area contributed by atoms with Gasteiger partial charge in [0, 0.05) is 57.8 Å². The highest BCUT2D eigenvalue weighted by molar-refractivity contribution is 5.98. The Hall–Kier alpha value is -2.93. The number of nitrogens with zero attached hydrogens (tertiary/aromatic N) is 3. The maximum Gasteiger partial charge on any atom is 0.251 e. The van der Waals surface area contributed by atoms with Crippen molar-refractivity contribution in [3.63, 3.8) is 0 Å². The molecule has 0 saturated carbocycles. The van der Waals surface area contributed by atoms with E-state index < -0.39 is 0 Å². The molecule has 164 valence electrons. The zero-order chi connectivity index (χ0) is 21.6. The number of hydrogen-bond acceptors (Lipinski definition) is 4. The van der Waals surface area contributed by atoms with Gasteiger partial charge in [0.2, 0.25) is 11.8 Å². The van der Waals surface area contributed by atoms with E-state index in [1.165, 1.54) is 0 Å².